The van der Waals surface area contributed by atoms with Crippen molar-refractivity contribution in [2.45, 2.75) is 19.5 Å². The van der Waals surface area contributed by atoms with Crippen LogP contribution in [-0.4, -0.2) is 26.7 Å². The first kappa shape index (κ1) is 25.1. The summed E-state index contributed by atoms with van der Waals surface area (Å²) in [5.41, 5.74) is 15.1. The van der Waals surface area contributed by atoms with Crippen LogP contribution in [0, 0.1) is 5.82 Å². The smallest absolute Gasteiger partial charge is 0.248 e. The third-order valence-corrected chi connectivity index (χ3v) is 5.47. The van der Waals surface area contributed by atoms with Crippen molar-refractivity contribution in [3.8, 4) is 11.4 Å². The molecule has 9 nitrogen and oxygen atoms in total. The summed E-state index contributed by atoms with van der Waals surface area (Å²) in [7, 11) is 0. The Labute approximate surface area is 213 Å². The number of rotatable bonds is 9. The number of carbonyl (C=O) groups excluding carboxylic acids is 1. The molecule has 4 rings (SSSR count). The molecule has 5 N–H and O–H groups in total. The van der Waals surface area contributed by atoms with Crippen LogP contribution in [0.3, 0.4) is 0 Å². The zero-order valence-electron chi connectivity index (χ0n) is 20.1. The highest BCUT2D eigenvalue weighted by Gasteiger charge is 2.18. The topological polar surface area (TPSA) is 137 Å². The summed E-state index contributed by atoms with van der Waals surface area (Å²) < 4.78 is 20.9. The van der Waals surface area contributed by atoms with E-state index in [1.807, 2.05) is 30.3 Å². The summed E-state index contributed by atoms with van der Waals surface area (Å²) in [6.45, 7) is 1.97. The van der Waals surface area contributed by atoms with E-state index < -0.39 is 11.9 Å². The van der Waals surface area contributed by atoms with Crippen molar-refractivity contribution in [2.75, 3.05) is 0 Å². The Bertz CT molecular complexity index is 1440. The van der Waals surface area contributed by atoms with Gasteiger partial charge in [-0.05, 0) is 30.7 Å². The molecule has 0 bridgehead atoms. The lowest BCUT2D eigenvalue weighted by atomic mass is 10.2. The van der Waals surface area contributed by atoms with Crippen LogP contribution in [-0.2, 0) is 11.3 Å². The van der Waals surface area contributed by atoms with E-state index in [0.717, 1.165) is 5.56 Å². The molecular weight excluding hydrogens is 473 g/mol. The number of aromatic nitrogens is 3. The maximum atomic E-state index is 14.3. The summed E-state index contributed by atoms with van der Waals surface area (Å²) in [5.74, 6) is -0.715. The molecule has 1 amide bonds. The van der Waals surface area contributed by atoms with Crippen molar-refractivity contribution in [1.29, 1.82) is 0 Å². The Hall–Kier alpha value is -4.99. The van der Waals surface area contributed by atoms with E-state index in [-0.39, 0.29) is 23.9 Å². The summed E-state index contributed by atoms with van der Waals surface area (Å²) in [6, 6.07) is 18.8. The lowest BCUT2D eigenvalue weighted by Gasteiger charge is -2.10. The van der Waals surface area contributed by atoms with Crippen molar-refractivity contribution in [1.82, 2.24) is 20.3 Å². The zero-order chi connectivity index (χ0) is 26.2. The second kappa shape index (κ2) is 11.6. The van der Waals surface area contributed by atoms with Crippen LogP contribution in [0.1, 0.15) is 29.8 Å². The van der Waals surface area contributed by atoms with Gasteiger partial charge in [-0.3, -0.25) is 14.5 Å². The highest BCUT2D eigenvalue weighted by atomic mass is 19.1. The standard InChI is InChI=1S/C27H26FN7O2/c1-18(31-27(30)24(16-29)32-26(36)12-11-19-7-3-2-4-8-19)23-15-25(22-13-14-37-34-22)35(33-23)17-20-9-5-6-10-21(20)28/h2-16,18H,17,29H2,1H3,(H2,30,31)(H,32,36)/b12-11+,24-16+. The van der Waals surface area contributed by atoms with Gasteiger partial charge in [-0.2, -0.15) is 5.10 Å². The number of benzene rings is 2. The van der Waals surface area contributed by atoms with E-state index >= 15 is 0 Å². The van der Waals surface area contributed by atoms with Crippen LogP contribution in [0.5, 0.6) is 0 Å². The van der Waals surface area contributed by atoms with Gasteiger partial charge in [0.25, 0.3) is 0 Å². The van der Waals surface area contributed by atoms with Gasteiger partial charge in [0, 0.05) is 23.9 Å². The molecule has 0 aliphatic carbocycles. The number of carbonyl (C=O) groups is 1. The fraction of sp³-hybridized carbons (Fsp3) is 0.111. The molecule has 0 aliphatic rings. The van der Waals surface area contributed by atoms with E-state index in [0.29, 0.717) is 22.6 Å². The van der Waals surface area contributed by atoms with Crippen molar-refractivity contribution < 1.29 is 13.7 Å². The molecule has 0 fully saturated rings. The molecule has 2 aromatic carbocycles. The number of nitrogens with two attached hydrogens (primary N) is 2. The SMILES string of the molecule is CC(N=C(N)/C(=C\N)NC(=O)/C=C/c1ccccc1)c1cc(-c2ccon2)n(Cc2ccccc2F)n1. The van der Waals surface area contributed by atoms with E-state index in [2.05, 4.69) is 20.6 Å². The normalized spacial score (nSPS) is 13.1. The number of hydrogen-bond acceptors (Lipinski definition) is 6. The first-order valence-corrected chi connectivity index (χ1v) is 11.5. The van der Waals surface area contributed by atoms with Gasteiger partial charge in [0.05, 0.1) is 29.7 Å². The second-order valence-corrected chi connectivity index (χ2v) is 8.09. The maximum Gasteiger partial charge on any atom is 0.248 e. The molecule has 4 aromatic rings. The Morgan fingerprint density at radius 2 is 1.95 bits per heavy atom. The molecule has 0 saturated carbocycles. The van der Waals surface area contributed by atoms with Crippen LogP contribution < -0.4 is 16.8 Å². The van der Waals surface area contributed by atoms with Crippen LogP contribution in [0.2, 0.25) is 0 Å². The van der Waals surface area contributed by atoms with Crippen LogP contribution >= 0.6 is 0 Å². The number of halogens is 1. The first-order chi connectivity index (χ1) is 17.9. The van der Waals surface area contributed by atoms with Gasteiger partial charge in [-0.15, -0.1) is 0 Å². The van der Waals surface area contributed by atoms with Gasteiger partial charge in [-0.25, -0.2) is 4.39 Å². The molecule has 10 heteroatoms. The maximum absolute atomic E-state index is 14.3. The number of amidine groups is 1. The quantitative estimate of drug-likeness (QED) is 0.182. The van der Waals surface area contributed by atoms with Gasteiger partial charge in [0.15, 0.2) is 0 Å². The number of nitrogens with zero attached hydrogens (tertiary/aromatic N) is 4. The average Bonchev–Trinajstić information content (AvgIpc) is 3.58. The van der Waals surface area contributed by atoms with E-state index in [4.69, 9.17) is 16.0 Å². The Morgan fingerprint density at radius 3 is 2.65 bits per heavy atom. The van der Waals surface area contributed by atoms with Gasteiger partial charge >= 0.3 is 0 Å². The van der Waals surface area contributed by atoms with Gasteiger partial charge < -0.3 is 21.3 Å². The molecule has 1 unspecified atom stereocenters. The lowest BCUT2D eigenvalue weighted by molar-refractivity contribution is -0.115. The summed E-state index contributed by atoms with van der Waals surface area (Å²) in [6.07, 6.45) is 5.68. The molecule has 2 heterocycles. The number of hydrogen-bond donors (Lipinski definition) is 3. The van der Waals surface area contributed by atoms with E-state index in [1.165, 1.54) is 24.6 Å². The van der Waals surface area contributed by atoms with Crippen LogP contribution in [0.4, 0.5) is 4.39 Å². The third kappa shape index (κ3) is 6.37. The number of amides is 1. The van der Waals surface area contributed by atoms with Crippen molar-refractivity contribution >= 4 is 17.8 Å². The largest absolute Gasteiger partial charge is 0.403 e. The fourth-order valence-corrected chi connectivity index (χ4v) is 3.55. The minimum absolute atomic E-state index is 0.0306. The molecular formula is C27H26FN7O2. The molecule has 0 saturated heterocycles. The lowest BCUT2D eigenvalue weighted by Crippen LogP contribution is -2.31. The van der Waals surface area contributed by atoms with Gasteiger partial charge in [0.1, 0.15) is 23.6 Å². The van der Waals surface area contributed by atoms with Crippen molar-refractivity contribution in [3.63, 3.8) is 0 Å². The molecule has 37 heavy (non-hydrogen) atoms. The molecule has 188 valence electrons. The number of aliphatic imine (C=N–C) groups is 1. The third-order valence-electron chi connectivity index (χ3n) is 5.47. The minimum Gasteiger partial charge on any atom is -0.403 e. The van der Waals surface area contributed by atoms with Crippen LogP contribution in [0.15, 0.2) is 100 Å². The van der Waals surface area contributed by atoms with Gasteiger partial charge in [-0.1, -0.05) is 53.7 Å². The molecule has 2 aromatic heterocycles. The first-order valence-electron chi connectivity index (χ1n) is 11.5. The highest BCUT2D eigenvalue weighted by Crippen LogP contribution is 2.25. The molecule has 1 atom stereocenters. The molecule has 0 spiro atoms. The predicted octanol–water partition coefficient (Wildman–Crippen LogP) is 3.77. The van der Waals surface area contributed by atoms with E-state index in [9.17, 15) is 9.18 Å². The number of nitrogens with one attached hydrogen (secondary N) is 1. The van der Waals surface area contributed by atoms with Crippen LogP contribution in [0.25, 0.3) is 17.5 Å². The predicted molar refractivity (Wildman–Crippen MR) is 139 cm³/mol. The van der Waals surface area contributed by atoms with E-state index in [1.54, 1.807) is 48.0 Å². The monoisotopic (exact) mass is 499 g/mol. The Morgan fingerprint density at radius 1 is 1.19 bits per heavy atom. The highest BCUT2D eigenvalue weighted by molar-refractivity contribution is 6.03. The molecule has 0 radical (unpaired) electrons. The Kier molecular flexibility index (Phi) is 7.89. The summed E-state index contributed by atoms with van der Waals surface area (Å²) >= 11 is 0. The average molecular weight is 500 g/mol. The Balaban J connectivity index is 1.53. The minimum atomic E-state index is -0.515. The van der Waals surface area contributed by atoms with Crippen molar-refractivity contribution in [3.05, 3.63) is 114 Å². The van der Waals surface area contributed by atoms with Crippen molar-refractivity contribution in [2.24, 2.45) is 16.5 Å². The fourth-order valence-electron chi connectivity index (χ4n) is 3.55. The summed E-state index contributed by atoms with van der Waals surface area (Å²) in [5, 5.41) is 11.2. The second-order valence-electron chi connectivity index (χ2n) is 8.09. The zero-order valence-corrected chi connectivity index (χ0v) is 20.1. The van der Waals surface area contributed by atoms with Gasteiger partial charge in [0.2, 0.25) is 5.91 Å². The summed E-state index contributed by atoms with van der Waals surface area (Å²) in [4.78, 5) is 16.8. The molecule has 0 aliphatic heterocycles.